The van der Waals surface area contributed by atoms with Crippen molar-refractivity contribution < 1.29 is 18.4 Å². The Bertz CT molecular complexity index is 822. The second kappa shape index (κ2) is 7.13. The van der Waals surface area contributed by atoms with E-state index in [0.29, 0.717) is 10.0 Å². The Kier molecular flexibility index (Phi) is 5.42. The van der Waals surface area contributed by atoms with E-state index in [9.17, 15) is 18.5 Å². The summed E-state index contributed by atoms with van der Waals surface area (Å²) in [6.45, 7) is -0.0128. The van der Waals surface area contributed by atoms with Crippen LogP contribution in [0.4, 0.5) is 17.1 Å². The van der Waals surface area contributed by atoms with Crippen molar-refractivity contribution in [2.45, 2.75) is 4.21 Å². The summed E-state index contributed by atoms with van der Waals surface area (Å²) in [5.74, 6) is 0. The molecule has 0 amide bonds. The van der Waals surface area contributed by atoms with Crippen molar-refractivity contribution in [1.29, 1.82) is 0 Å². The molecule has 0 saturated carbocycles. The van der Waals surface area contributed by atoms with Gasteiger partial charge < -0.3 is 10.4 Å². The maximum atomic E-state index is 12.3. The molecule has 0 aliphatic carbocycles. The van der Waals surface area contributed by atoms with E-state index in [2.05, 4.69) is 10.0 Å². The molecule has 2 aromatic rings. The topological polar surface area (TPSA) is 122 Å². The minimum absolute atomic E-state index is 0.0113. The predicted molar refractivity (Wildman–Crippen MR) is 88.8 cm³/mol. The normalized spacial score (nSPS) is 11.2. The van der Waals surface area contributed by atoms with Crippen molar-refractivity contribution in [1.82, 2.24) is 0 Å². The van der Waals surface area contributed by atoms with E-state index in [1.807, 2.05) is 0 Å². The van der Waals surface area contributed by atoms with Gasteiger partial charge in [0.25, 0.3) is 15.7 Å². The third kappa shape index (κ3) is 4.32. The molecule has 2 rings (SSSR count). The molecule has 0 radical (unpaired) electrons. The number of sulfonamides is 1. The van der Waals surface area contributed by atoms with Gasteiger partial charge in [-0.1, -0.05) is 11.6 Å². The number of nitro benzene ring substituents is 1. The number of benzene rings is 1. The monoisotopic (exact) mass is 377 g/mol. The Morgan fingerprint density at radius 3 is 2.57 bits per heavy atom. The van der Waals surface area contributed by atoms with Gasteiger partial charge in [-0.15, -0.1) is 11.3 Å². The highest BCUT2D eigenvalue weighted by molar-refractivity contribution is 7.94. The first-order valence-electron chi connectivity index (χ1n) is 6.25. The molecule has 0 bridgehead atoms. The number of thiophene rings is 1. The van der Waals surface area contributed by atoms with Crippen molar-refractivity contribution in [2.24, 2.45) is 0 Å². The van der Waals surface area contributed by atoms with Crippen LogP contribution in [0.1, 0.15) is 0 Å². The molecule has 0 saturated heterocycles. The van der Waals surface area contributed by atoms with Crippen LogP contribution in [0.5, 0.6) is 0 Å². The lowest BCUT2D eigenvalue weighted by atomic mass is 10.2. The van der Waals surface area contributed by atoms with Gasteiger partial charge in [-0.3, -0.25) is 14.8 Å². The van der Waals surface area contributed by atoms with Gasteiger partial charge in [0.05, 0.1) is 27.2 Å². The van der Waals surface area contributed by atoms with Crippen LogP contribution in [-0.4, -0.2) is 31.6 Å². The average molecular weight is 378 g/mol. The van der Waals surface area contributed by atoms with Gasteiger partial charge in [0.15, 0.2) is 0 Å². The van der Waals surface area contributed by atoms with Gasteiger partial charge in [-0.05, 0) is 18.2 Å². The van der Waals surface area contributed by atoms with Crippen LogP contribution in [0, 0.1) is 10.1 Å². The third-order valence-electron chi connectivity index (χ3n) is 2.70. The summed E-state index contributed by atoms with van der Waals surface area (Å²) in [6, 6.07) is 6.49. The molecule has 1 aromatic carbocycles. The Hall–Kier alpha value is -1.88. The quantitative estimate of drug-likeness (QED) is 0.503. The lowest BCUT2D eigenvalue weighted by Gasteiger charge is -2.13. The van der Waals surface area contributed by atoms with Crippen molar-refractivity contribution in [3.05, 3.63) is 44.8 Å². The Balaban J connectivity index is 2.39. The van der Waals surface area contributed by atoms with Crippen LogP contribution in [-0.2, 0) is 10.0 Å². The van der Waals surface area contributed by atoms with E-state index in [4.69, 9.17) is 16.7 Å². The van der Waals surface area contributed by atoms with Crippen LogP contribution < -0.4 is 10.0 Å². The molecule has 1 heterocycles. The molecule has 0 aliphatic rings. The number of aliphatic hydroxyl groups is 1. The first-order valence-corrected chi connectivity index (χ1v) is 8.92. The van der Waals surface area contributed by atoms with Gasteiger partial charge in [0, 0.05) is 18.7 Å². The van der Waals surface area contributed by atoms with E-state index < -0.39 is 14.9 Å². The van der Waals surface area contributed by atoms with Gasteiger partial charge >= 0.3 is 0 Å². The molecule has 11 heteroatoms. The van der Waals surface area contributed by atoms with E-state index in [1.54, 1.807) is 0 Å². The zero-order chi connectivity index (χ0) is 17.0. The molecule has 0 atom stereocenters. The molecule has 0 fully saturated rings. The maximum Gasteiger partial charge on any atom is 0.271 e. The number of halogens is 1. The molecule has 23 heavy (non-hydrogen) atoms. The SMILES string of the molecule is O=[N+]([O-])c1ccc(NCCO)c(NS(=O)(=O)c2ccc(Cl)s2)c1. The maximum absolute atomic E-state index is 12.3. The Morgan fingerprint density at radius 1 is 1.26 bits per heavy atom. The molecular weight excluding hydrogens is 366 g/mol. The van der Waals surface area contributed by atoms with E-state index >= 15 is 0 Å². The first-order chi connectivity index (χ1) is 10.8. The smallest absolute Gasteiger partial charge is 0.271 e. The number of aliphatic hydroxyl groups excluding tert-OH is 1. The highest BCUT2D eigenvalue weighted by Crippen LogP contribution is 2.31. The largest absolute Gasteiger partial charge is 0.395 e. The fraction of sp³-hybridized carbons (Fsp3) is 0.167. The summed E-state index contributed by atoms with van der Waals surface area (Å²) in [5, 5.41) is 22.5. The van der Waals surface area contributed by atoms with Crippen molar-refractivity contribution in [2.75, 3.05) is 23.2 Å². The molecular formula is C12H12ClN3O5S2. The number of anilines is 2. The van der Waals surface area contributed by atoms with E-state index in [-0.39, 0.29) is 28.7 Å². The fourth-order valence-corrected chi connectivity index (χ4v) is 4.27. The molecule has 1 aromatic heterocycles. The number of non-ortho nitro benzene ring substituents is 1. The van der Waals surface area contributed by atoms with Gasteiger partial charge in [-0.25, -0.2) is 8.42 Å². The highest BCUT2D eigenvalue weighted by Gasteiger charge is 2.20. The summed E-state index contributed by atoms with van der Waals surface area (Å²) in [4.78, 5) is 10.2. The van der Waals surface area contributed by atoms with Crippen molar-refractivity contribution in [3.63, 3.8) is 0 Å². The number of hydrogen-bond donors (Lipinski definition) is 3. The van der Waals surface area contributed by atoms with Gasteiger partial charge in [-0.2, -0.15) is 0 Å². The molecule has 8 nitrogen and oxygen atoms in total. The van der Waals surface area contributed by atoms with Crippen LogP contribution in [0.25, 0.3) is 0 Å². The minimum atomic E-state index is -3.92. The Labute approximate surface area is 140 Å². The summed E-state index contributed by atoms with van der Waals surface area (Å²) in [7, 11) is -3.92. The number of nitro groups is 1. The van der Waals surface area contributed by atoms with Crippen molar-refractivity contribution in [3.8, 4) is 0 Å². The summed E-state index contributed by atoms with van der Waals surface area (Å²) in [6.07, 6.45) is 0. The molecule has 3 N–H and O–H groups in total. The van der Waals surface area contributed by atoms with Gasteiger partial charge in [0.2, 0.25) is 0 Å². The predicted octanol–water partition coefficient (Wildman–Crippen LogP) is 2.51. The fourth-order valence-electron chi connectivity index (χ4n) is 1.71. The molecule has 0 unspecified atom stereocenters. The number of nitrogens with zero attached hydrogens (tertiary/aromatic N) is 1. The van der Waals surface area contributed by atoms with Crippen LogP contribution >= 0.6 is 22.9 Å². The number of rotatable bonds is 7. The van der Waals surface area contributed by atoms with E-state index in [1.165, 1.54) is 24.3 Å². The second-order valence-corrected chi connectivity index (χ2v) is 7.93. The summed E-state index contributed by atoms with van der Waals surface area (Å²) < 4.78 is 27.2. The lowest BCUT2D eigenvalue weighted by molar-refractivity contribution is -0.384. The zero-order valence-corrected chi connectivity index (χ0v) is 13.9. The first kappa shape index (κ1) is 17.5. The molecule has 0 aliphatic heterocycles. The lowest BCUT2D eigenvalue weighted by Crippen LogP contribution is -2.14. The summed E-state index contributed by atoms with van der Waals surface area (Å²) in [5.41, 5.74) is 0.0644. The van der Waals surface area contributed by atoms with Crippen LogP contribution in [0.3, 0.4) is 0 Å². The number of hydrogen-bond acceptors (Lipinski definition) is 7. The minimum Gasteiger partial charge on any atom is -0.395 e. The second-order valence-electron chi connectivity index (χ2n) is 4.30. The average Bonchev–Trinajstić information content (AvgIpc) is 2.93. The number of nitrogens with one attached hydrogen (secondary N) is 2. The van der Waals surface area contributed by atoms with Gasteiger partial charge in [0.1, 0.15) is 4.21 Å². The summed E-state index contributed by atoms with van der Waals surface area (Å²) >= 11 is 6.60. The van der Waals surface area contributed by atoms with Crippen LogP contribution in [0.2, 0.25) is 4.34 Å². The standard InChI is InChI=1S/C12H12ClN3O5S2/c13-11-3-4-12(22-11)23(20,21)15-10-7-8(16(18)19)1-2-9(10)14-5-6-17/h1-4,7,14-15,17H,5-6H2. The third-order valence-corrected chi connectivity index (χ3v) is 5.79. The van der Waals surface area contributed by atoms with E-state index in [0.717, 1.165) is 17.4 Å². The highest BCUT2D eigenvalue weighted by atomic mass is 35.5. The zero-order valence-electron chi connectivity index (χ0n) is 11.5. The van der Waals surface area contributed by atoms with Crippen molar-refractivity contribution >= 4 is 50.0 Å². The Morgan fingerprint density at radius 2 is 2.00 bits per heavy atom. The van der Waals surface area contributed by atoms with Crippen LogP contribution in [0.15, 0.2) is 34.5 Å². The molecule has 0 spiro atoms. The molecule has 124 valence electrons.